The Morgan fingerprint density at radius 1 is 1.25 bits per heavy atom. The van der Waals surface area contributed by atoms with E-state index in [4.69, 9.17) is 9.26 Å². The lowest BCUT2D eigenvalue weighted by atomic mass is 10.1. The summed E-state index contributed by atoms with van der Waals surface area (Å²) in [7, 11) is 0. The molecule has 3 rings (SSSR count). The minimum absolute atomic E-state index is 0.00573. The van der Waals surface area contributed by atoms with Gasteiger partial charge in [0, 0.05) is 30.2 Å². The minimum atomic E-state index is -4.48. The molecule has 0 bridgehead atoms. The zero-order chi connectivity index (χ0) is 20.1. The number of amides is 1. The van der Waals surface area contributed by atoms with Crippen LogP contribution in [0.25, 0.3) is 11.3 Å². The molecule has 0 spiro atoms. The fraction of sp³-hybridized carbons (Fsp3) is 0.222. The summed E-state index contributed by atoms with van der Waals surface area (Å²) in [5.41, 5.74) is 2.06. The molecule has 3 aromatic rings. The van der Waals surface area contributed by atoms with Crippen LogP contribution >= 0.6 is 0 Å². The van der Waals surface area contributed by atoms with E-state index in [9.17, 15) is 18.0 Å². The molecule has 0 saturated carbocycles. The van der Waals surface area contributed by atoms with Gasteiger partial charge in [0.25, 0.3) is 5.91 Å². The highest BCUT2D eigenvalue weighted by molar-refractivity contribution is 5.93. The maximum Gasteiger partial charge on any atom is 0.405 e. The van der Waals surface area contributed by atoms with E-state index in [1.807, 2.05) is 6.07 Å². The molecule has 10 heteroatoms. The number of aromatic nitrogens is 3. The Hall–Kier alpha value is -3.43. The number of alkyl halides is 3. The van der Waals surface area contributed by atoms with Crippen LogP contribution in [-0.4, -0.2) is 33.8 Å². The summed E-state index contributed by atoms with van der Waals surface area (Å²) in [5, 5.41) is 5.79. The molecule has 3 heterocycles. The van der Waals surface area contributed by atoms with Crippen LogP contribution in [0, 0.1) is 6.92 Å². The Bertz CT molecular complexity index is 941. The molecule has 7 nitrogen and oxygen atoms in total. The lowest BCUT2D eigenvalue weighted by Crippen LogP contribution is -2.33. The van der Waals surface area contributed by atoms with E-state index in [1.54, 1.807) is 30.7 Å². The van der Waals surface area contributed by atoms with Crippen molar-refractivity contribution in [3.05, 3.63) is 59.7 Å². The molecule has 1 N–H and O–H groups in total. The largest absolute Gasteiger partial charge is 0.473 e. The molecule has 0 saturated heterocycles. The van der Waals surface area contributed by atoms with E-state index in [-0.39, 0.29) is 18.1 Å². The predicted molar refractivity (Wildman–Crippen MR) is 91.4 cm³/mol. The summed E-state index contributed by atoms with van der Waals surface area (Å²) in [4.78, 5) is 19.7. The van der Waals surface area contributed by atoms with Crippen molar-refractivity contribution in [2.75, 3.05) is 6.54 Å². The molecule has 3 aromatic heterocycles. The van der Waals surface area contributed by atoms with E-state index in [1.165, 1.54) is 12.1 Å². The fourth-order valence-electron chi connectivity index (χ4n) is 2.32. The van der Waals surface area contributed by atoms with Crippen LogP contribution in [0.5, 0.6) is 5.88 Å². The van der Waals surface area contributed by atoms with Crippen LogP contribution in [0.2, 0.25) is 0 Å². The van der Waals surface area contributed by atoms with E-state index < -0.39 is 18.6 Å². The van der Waals surface area contributed by atoms with Crippen LogP contribution in [0.1, 0.15) is 21.7 Å². The molecular weight excluding hydrogens is 377 g/mol. The van der Waals surface area contributed by atoms with Gasteiger partial charge in [-0.3, -0.25) is 9.78 Å². The van der Waals surface area contributed by atoms with Crippen LogP contribution in [0.4, 0.5) is 13.2 Å². The highest BCUT2D eigenvalue weighted by atomic mass is 19.4. The van der Waals surface area contributed by atoms with Gasteiger partial charge in [0.1, 0.15) is 24.6 Å². The number of rotatable bonds is 6. The van der Waals surface area contributed by atoms with Crippen molar-refractivity contribution in [2.24, 2.45) is 0 Å². The monoisotopic (exact) mass is 392 g/mol. The maximum atomic E-state index is 12.2. The van der Waals surface area contributed by atoms with Crippen LogP contribution in [-0.2, 0) is 6.61 Å². The molecule has 0 aromatic carbocycles. The summed E-state index contributed by atoms with van der Waals surface area (Å²) < 4.78 is 47.3. The second kappa shape index (κ2) is 8.07. The summed E-state index contributed by atoms with van der Waals surface area (Å²) in [6.45, 7) is 0.438. The molecule has 0 atom stereocenters. The summed E-state index contributed by atoms with van der Waals surface area (Å²) in [6, 6.07) is 6.33. The molecule has 0 aliphatic carbocycles. The zero-order valence-electron chi connectivity index (χ0n) is 14.7. The molecule has 0 radical (unpaired) electrons. The normalized spacial score (nSPS) is 11.3. The Labute approximate surface area is 157 Å². The third-order valence-electron chi connectivity index (χ3n) is 3.73. The fourth-order valence-corrected chi connectivity index (χ4v) is 2.32. The number of hydrogen-bond donors (Lipinski definition) is 1. The van der Waals surface area contributed by atoms with E-state index >= 15 is 0 Å². The number of pyridine rings is 2. The summed E-state index contributed by atoms with van der Waals surface area (Å²) >= 11 is 0. The van der Waals surface area contributed by atoms with Gasteiger partial charge in [0.05, 0.1) is 11.1 Å². The van der Waals surface area contributed by atoms with E-state index in [2.05, 4.69) is 15.1 Å². The number of halogens is 3. The number of nitrogens with one attached hydrogen (secondary N) is 1. The second-order valence-electron chi connectivity index (χ2n) is 5.78. The third kappa shape index (κ3) is 4.84. The van der Waals surface area contributed by atoms with E-state index in [0.717, 1.165) is 11.8 Å². The predicted octanol–water partition coefficient (Wildman–Crippen LogP) is 3.31. The number of carbonyl (C=O) groups is 1. The van der Waals surface area contributed by atoms with Gasteiger partial charge in [-0.2, -0.15) is 13.2 Å². The van der Waals surface area contributed by atoms with Gasteiger partial charge >= 0.3 is 6.18 Å². The quantitative estimate of drug-likeness (QED) is 0.692. The zero-order valence-corrected chi connectivity index (χ0v) is 14.7. The topological polar surface area (TPSA) is 90.1 Å². The van der Waals surface area contributed by atoms with Gasteiger partial charge in [-0.15, -0.1) is 0 Å². The van der Waals surface area contributed by atoms with Gasteiger partial charge in [0.2, 0.25) is 5.88 Å². The first kappa shape index (κ1) is 19.3. The molecule has 0 unspecified atom stereocenters. The van der Waals surface area contributed by atoms with Crippen molar-refractivity contribution < 1.29 is 27.2 Å². The average Bonchev–Trinajstić information content (AvgIpc) is 3.05. The molecule has 28 heavy (non-hydrogen) atoms. The highest BCUT2D eigenvalue weighted by Crippen LogP contribution is 2.25. The molecule has 0 aliphatic heterocycles. The highest BCUT2D eigenvalue weighted by Gasteiger charge is 2.28. The summed E-state index contributed by atoms with van der Waals surface area (Å²) in [5.74, 6) is -0.0998. The Morgan fingerprint density at radius 3 is 2.71 bits per heavy atom. The van der Waals surface area contributed by atoms with Crippen molar-refractivity contribution in [3.8, 4) is 17.1 Å². The maximum absolute atomic E-state index is 12.2. The first-order valence-electron chi connectivity index (χ1n) is 8.13. The average molecular weight is 392 g/mol. The van der Waals surface area contributed by atoms with Crippen molar-refractivity contribution in [1.29, 1.82) is 0 Å². The van der Waals surface area contributed by atoms with Gasteiger partial charge in [-0.1, -0.05) is 5.16 Å². The molecule has 0 fully saturated rings. The van der Waals surface area contributed by atoms with Gasteiger partial charge in [0.15, 0.2) is 0 Å². The number of aryl methyl sites for hydroxylation is 1. The van der Waals surface area contributed by atoms with Gasteiger partial charge in [-0.05, 0) is 25.1 Å². The van der Waals surface area contributed by atoms with Crippen LogP contribution in [0.15, 0.2) is 47.4 Å². The lowest BCUT2D eigenvalue weighted by Gasteiger charge is -2.09. The summed E-state index contributed by atoms with van der Waals surface area (Å²) in [6.07, 6.45) is -0.0471. The van der Waals surface area contributed by atoms with Crippen molar-refractivity contribution in [1.82, 2.24) is 20.4 Å². The standard InChI is InChI=1S/C18H15F3N4O3/c1-11-14(16(25-28-11)12-3-2-6-22-7-12)9-27-15-5-4-13(8-23-15)17(26)24-10-18(19,20)21/h2-8H,9-10H2,1H3,(H,24,26). The lowest BCUT2D eigenvalue weighted by molar-refractivity contribution is -0.123. The molecular formula is C18H15F3N4O3. The second-order valence-corrected chi connectivity index (χ2v) is 5.78. The third-order valence-corrected chi connectivity index (χ3v) is 3.73. The van der Waals surface area contributed by atoms with Crippen molar-refractivity contribution in [2.45, 2.75) is 19.7 Å². The smallest absolute Gasteiger partial charge is 0.405 e. The van der Waals surface area contributed by atoms with Crippen molar-refractivity contribution in [3.63, 3.8) is 0 Å². The van der Waals surface area contributed by atoms with Gasteiger partial charge < -0.3 is 14.6 Å². The first-order valence-corrected chi connectivity index (χ1v) is 8.13. The number of nitrogens with zero attached hydrogens (tertiary/aromatic N) is 3. The molecule has 0 aliphatic rings. The number of carbonyl (C=O) groups excluding carboxylic acids is 1. The van der Waals surface area contributed by atoms with E-state index in [0.29, 0.717) is 17.0 Å². The molecule has 146 valence electrons. The molecule has 1 amide bonds. The Morgan fingerprint density at radius 2 is 2.07 bits per heavy atom. The van der Waals surface area contributed by atoms with Crippen LogP contribution < -0.4 is 10.1 Å². The van der Waals surface area contributed by atoms with Crippen molar-refractivity contribution >= 4 is 5.91 Å². The Balaban J connectivity index is 1.65. The minimum Gasteiger partial charge on any atom is -0.473 e. The first-order chi connectivity index (χ1) is 13.3. The SMILES string of the molecule is Cc1onc(-c2cccnc2)c1COc1ccc(C(=O)NCC(F)(F)F)cn1. The van der Waals surface area contributed by atoms with Crippen LogP contribution in [0.3, 0.4) is 0 Å². The van der Waals surface area contributed by atoms with Gasteiger partial charge in [-0.25, -0.2) is 4.98 Å². The number of hydrogen-bond acceptors (Lipinski definition) is 6. The Kier molecular flexibility index (Phi) is 5.57. The number of ether oxygens (including phenoxy) is 1.